The highest BCUT2D eigenvalue weighted by Crippen LogP contribution is 2.36. The van der Waals surface area contributed by atoms with Crippen LogP contribution in [0.2, 0.25) is 5.02 Å². The predicted octanol–water partition coefficient (Wildman–Crippen LogP) is 3.86. The Morgan fingerprint density at radius 3 is 2.83 bits per heavy atom. The van der Waals surface area contributed by atoms with Crippen LogP contribution in [-0.4, -0.2) is 17.3 Å². The van der Waals surface area contributed by atoms with Crippen molar-refractivity contribution in [3.05, 3.63) is 28.8 Å². The Morgan fingerprint density at radius 2 is 2.17 bits per heavy atom. The third kappa shape index (κ3) is 2.22. The highest BCUT2D eigenvalue weighted by molar-refractivity contribution is 7.80. The van der Waals surface area contributed by atoms with Gasteiger partial charge in [-0.3, -0.25) is 0 Å². The summed E-state index contributed by atoms with van der Waals surface area (Å²) in [7, 11) is 0. The third-order valence-electron chi connectivity index (χ3n) is 2.93. The van der Waals surface area contributed by atoms with Crippen LogP contribution in [0.1, 0.15) is 26.3 Å². The zero-order valence-electron chi connectivity index (χ0n) is 10.6. The van der Waals surface area contributed by atoms with Crippen LogP contribution >= 0.6 is 23.8 Å². The molecule has 1 aliphatic heterocycles. The molecule has 0 radical (unpaired) electrons. The van der Waals surface area contributed by atoms with E-state index in [2.05, 4.69) is 10.5 Å². The fourth-order valence-corrected chi connectivity index (χ4v) is 2.22. The number of rotatable bonds is 2. The molecule has 0 spiro atoms. The SMILES string of the molecule is CCO/N=C1/c2cc(Cl)ccc2NC(=S)C1(C)C. The molecule has 0 unspecified atom stereocenters. The smallest absolute Gasteiger partial charge is 0.114 e. The van der Waals surface area contributed by atoms with Gasteiger partial charge in [-0.25, -0.2) is 0 Å². The Labute approximate surface area is 117 Å². The molecule has 0 saturated carbocycles. The van der Waals surface area contributed by atoms with Crippen molar-refractivity contribution in [2.75, 3.05) is 11.9 Å². The first kappa shape index (κ1) is 13.3. The number of thiocarbonyl (C=S) groups is 1. The lowest BCUT2D eigenvalue weighted by Crippen LogP contribution is -2.42. The molecule has 1 aromatic carbocycles. The molecule has 0 atom stereocenters. The zero-order chi connectivity index (χ0) is 13.3. The highest BCUT2D eigenvalue weighted by Gasteiger charge is 2.37. The molecule has 1 N–H and O–H groups in total. The molecule has 0 saturated heterocycles. The van der Waals surface area contributed by atoms with E-state index in [0.717, 1.165) is 22.0 Å². The average molecular weight is 283 g/mol. The number of benzene rings is 1. The summed E-state index contributed by atoms with van der Waals surface area (Å²) < 4.78 is 0. The van der Waals surface area contributed by atoms with Crippen LogP contribution in [-0.2, 0) is 4.84 Å². The maximum Gasteiger partial charge on any atom is 0.114 e. The van der Waals surface area contributed by atoms with Gasteiger partial charge in [0.1, 0.15) is 12.3 Å². The Bertz CT molecular complexity index is 526. The van der Waals surface area contributed by atoms with E-state index in [1.807, 2.05) is 39.0 Å². The first-order chi connectivity index (χ1) is 8.46. The van der Waals surface area contributed by atoms with Crippen LogP contribution in [0.25, 0.3) is 0 Å². The quantitative estimate of drug-likeness (QED) is 0.661. The topological polar surface area (TPSA) is 33.6 Å². The van der Waals surface area contributed by atoms with Crippen molar-refractivity contribution in [2.45, 2.75) is 20.8 Å². The minimum Gasteiger partial charge on any atom is -0.396 e. The lowest BCUT2D eigenvalue weighted by Gasteiger charge is -2.34. The average Bonchev–Trinajstić information content (AvgIpc) is 2.31. The second-order valence-corrected chi connectivity index (χ2v) is 5.47. The van der Waals surface area contributed by atoms with Gasteiger partial charge in [0.15, 0.2) is 0 Å². The predicted molar refractivity (Wildman–Crippen MR) is 79.6 cm³/mol. The van der Waals surface area contributed by atoms with E-state index in [-0.39, 0.29) is 5.41 Å². The monoisotopic (exact) mass is 282 g/mol. The fourth-order valence-electron chi connectivity index (χ4n) is 1.84. The molecular weight excluding hydrogens is 268 g/mol. The molecule has 96 valence electrons. The van der Waals surface area contributed by atoms with Crippen molar-refractivity contribution in [3.8, 4) is 0 Å². The molecule has 5 heteroatoms. The number of nitrogens with zero attached hydrogens (tertiary/aromatic N) is 1. The maximum absolute atomic E-state index is 6.05. The normalized spacial score (nSPS) is 19.3. The van der Waals surface area contributed by atoms with E-state index in [4.69, 9.17) is 28.7 Å². The number of nitrogens with one attached hydrogen (secondary N) is 1. The van der Waals surface area contributed by atoms with Crippen LogP contribution in [0.4, 0.5) is 5.69 Å². The zero-order valence-corrected chi connectivity index (χ0v) is 12.2. The lowest BCUT2D eigenvalue weighted by molar-refractivity contribution is 0.157. The summed E-state index contributed by atoms with van der Waals surface area (Å²) in [6.07, 6.45) is 0. The number of halogens is 1. The van der Waals surface area contributed by atoms with Crippen molar-refractivity contribution < 1.29 is 4.84 Å². The minimum absolute atomic E-state index is 0.373. The van der Waals surface area contributed by atoms with Crippen molar-refractivity contribution >= 4 is 40.2 Å². The molecule has 18 heavy (non-hydrogen) atoms. The van der Waals surface area contributed by atoms with Gasteiger partial charge in [0.25, 0.3) is 0 Å². The Morgan fingerprint density at radius 1 is 1.44 bits per heavy atom. The molecule has 0 aliphatic carbocycles. The summed E-state index contributed by atoms with van der Waals surface area (Å²) in [6.45, 7) is 6.46. The summed E-state index contributed by atoms with van der Waals surface area (Å²) in [5.41, 5.74) is 2.30. The summed E-state index contributed by atoms with van der Waals surface area (Å²) in [6, 6.07) is 5.61. The standard InChI is InChI=1S/C13H15ClN2OS/c1-4-17-16-11-9-7-8(14)5-6-10(9)15-12(18)13(11,2)3/h5-7H,4H2,1-3H3,(H,15,18)/b16-11-. The molecule has 1 aromatic rings. The molecular formula is C13H15ClN2OS. The van der Waals surface area contributed by atoms with Crippen molar-refractivity contribution in [3.63, 3.8) is 0 Å². The molecule has 2 rings (SSSR count). The van der Waals surface area contributed by atoms with E-state index in [1.54, 1.807) is 0 Å². The molecule has 1 heterocycles. The molecule has 0 fully saturated rings. The Balaban J connectivity index is 2.59. The Hall–Kier alpha value is -1.13. The van der Waals surface area contributed by atoms with Crippen LogP contribution in [0.5, 0.6) is 0 Å². The van der Waals surface area contributed by atoms with Gasteiger partial charge >= 0.3 is 0 Å². The second kappa shape index (κ2) is 4.86. The highest BCUT2D eigenvalue weighted by atomic mass is 35.5. The first-order valence-electron chi connectivity index (χ1n) is 5.78. The van der Waals surface area contributed by atoms with Gasteiger partial charge in [-0.2, -0.15) is 0 Å². The number of fused-ring (bicyclic) bond motifs is 1. The summed E-state index contributed by atoms with van der Waals surface area (Å²) in [5.74, 6) is 0. The molecule has 0 aromatic heterocycles. The second-order valence-electron chi connectivity index (χ2n) is 4.63. The number of hydrogen-bond acceptors (Lipinski definition) is 3. The van der Waals surface area contributed by atoms with Crippen molar-refractivity contribution in [1.29, 1.82) is 0 Å². The van der Waals surface area contributed by atoms with Gasteiger partial charge in [0, 0.05) is 16.3 Å². The number of hydrogen-bond donors (Lipinski definition) is 1. The number of oxime groups is 1. The molecule has 3 nitrogen and oxygen atoms in total. The van der Waals surface area contributed by atoms with Gasteiger partial charge in [-0.1, -0.05) is 29.0 Å². The molecule has 0 amide bonds. The largest absolute Gasteiger partial charge is 0.396 e. The van der Waals surface area contributed by atoms with Crippen molar-refractivity contribution in [2.24, 2.45) is 10.6 Å². The third-order valence-corrected chi connectivity index (χ3v) is 3.78. The van der Waals surface area contributed by atoms with E-state index in [0.29, 0.717) is 11.6 Å². The van der Waals surface area contributed by atoms with Gasteiger partial charge in [0.2, 0.25) is 0 Å². The van der Waals surface area contributed by atoms with Gasteiger partial charge in [0.05, 0.1) is 10.4 Å². The number of anilines is 1. The summed E-state index contributed by atoms with van der Waals surface area (Å²) >= 11 is 11.4. The van der Waals surface area contributed by atoms with Crippen LogP contribution < -0.4 is 5.32 Å². The Kier molecular flexibility index (Phi) is 3.59. The first-order valence-corrected chi connectivity index (χ1v) is 6.57. The van der Waals surface area contributed by atoms with Gasteiger partial charge in [-0.15, -0.1) is 0 Å². The lowest BCUT2D eigenvalue weighted by atomic mass is 9.80. The van der Waals surface area contributed by atoms with E-state index in [1.165, 1.54) is 0 Å². The van der Waals surface area contributed by atoms with Crippen LogP contribution in [0, 0.1) is 5.41 Å². The van der Waals surface area contributed by atoms with E-state index >= 15 is 0 Å². The van der Waals surface area contributed by atoms with Crippen LogP contribution in [0.3, 0.4) is 0 Å². The fraction of sp³-hybridized carbons (Fsp3) is 0.385. The maximum atomic E-state index is 6.05. The van der Waals surface area contributed by atoms with E-state index in [9.17, 15) is 0 Å². The minimum atomic E-state index is -0.373. The van der Waals surface area contributed by atoms with Crippen LogP contribution in [0.15, 0.2) is 23.4 Å². The van der Waals surface area contributed by atoms with E-state index < -0.39 is 0 Å². The van der Waals surface area contributed by atoms with Gasteiger partial charge < -0.3 is 10.2 Å². The summed E-state index contributed by atoms with van der Waals surface area (Å²) in [4.78, 5) is 5.94. The summed E-state index contributed by atoms with van der Waals surface area (Å²) in [5, 5.41) is 8.11. The van der Waals surface area contributed by atoms with Gasteiger partial charge in [-0.05, 0) is 39.0 Å². The van der Waals surface area contributed by atoms with Crippen molar-refractivity contribution in [1.82, 2.24) is 0 Å². The molecule has 1 aliphatic rings. The molecule has 0 bridgehead atoms.